The van der Waals surface area contributed by atoms with Crippen molar-refractivity contribution in [2.45, 2.75) is 13.0 Å². The van der Waals surface area contributed by atoms with Gasteiger partial charge in [0.1, 0.15) is 0 Å². The molecule has 2 aromatic carbocycles. The predicted octanol–water partition coefficient (Wildman–Crippen LogP) is 3.40. The van der Waals surface area contributed by atoms with Crippen molar-refractivity contribution >= 4 is 28.0 Å². The van der Waals surface area contributed by atoms with Crippen molar-refractivity contribution in [3.8, 4) is 0 Å². The van der Waals surface area contributed by atoms with Gasteiger partial charge in [0.05, 0.1) is 17.4 Å². The Bertz CT molecular complexity index is 1350. The van der Waals surface area contributed by atoms with Crippen molar-refractivity contribution < 1.29 is 4.79 Å². The van der Waals surface area contributed by atoms with Crippen molar-refractivity contribution in [3.05, 3.63) is 96.1 Å². The van der Waals surface area contributed by atoms with E-state index in [1.165, 1.54) is 0 Å². The van der Waals surface area contributed by atoms with E-state index < -0.39 is 0 Å². The Balaban J connectivity index is 1.43. The first-order chi connectivity index (χ1) is 15.3. The van der Waals surface area contributed by atoms with Crippen LogP contribution in [0.3, 0.4) is 0 Å². The van der Waals surface area contributed by atoms with E-state index in [0.717, 1.165) is 34.0 Å². The maximum absolute atomic E-state index is 12.7. The lowest BCUT2D eigenvalue weighted by Gasteiger charge is -2.09. The number of carbonyl (C=O) groups excluding carboxylic acids is 1. The van der Waals surface area contributed by atoms with E-state index in [0.29, 0.717) is 24.3 Å². The minimum atomic E-state index is -0.116. The number of hydrogen-bond donors (Lipinski definition) is 1. The molecule has 0 fully saturated rings. The molecule has 5 rings (SSSR count). The van der Waals surface area contributed by atoms with E-state index in [-0.39, 0.29) is 5.91 Å². The molecular weight excluding hydrogens is 388 g/mol. The second-order valence-electron chi connectivity index (χ2n) is 7.32. The van der Waals surface area contributed by atoms with Crippen molar-refractivity contribution in [3.63, 3.8) is 0 Å². The fourth-order valence-electron chi connectivity index (χ4n) is 3.65. The zero-order chi connectivity index (χ0) is 21.0. The Kier molecular flexibility index (Phi) is 5.06. The predicted molar refractivity (Wildman–Crippen MR) is 119 cm³/mol. The topological polar surface area (TPSA) is 85.6 Å². The average Bonchev–Trinajstić information content (AvgIpc) is 3.23. The molecule has 0 spiro atoms. The molecule has 0 aliphatic rings. The van der Waals surface area contributed by atoms with Crippen LogP contribution in [0.15, 0.2) is 79.4 Å². The fraction of sp³-hybridized carbons (Fsp3) is 0.125. The van der Waals surface area contributed by atoms with Gasteiger partial charge >= 0.3 is 0 Å². The largest absolute Gasteiger partial charge is 0.352 e. The van der Waals surface area contributed by atoms with Crippen molar-refractivity contribution in [2.75, 3.05) is 6.54 Å². The first-order valence-electron chi connectivity index (χ1n) is 10.1. The quantitative estimate of drug-likeness (QED) is 0.465. The lowest BCUT2D eigenvalue weighted by atomic mass is 10.1. The zero-order valence-corrected chi connectivity index (χ0v) is 16.8. The Morgan fingerprint density at radius 3 is 2.61 bits per heavy atom. The average molecular weight is 408 g/mol. The Hall–Kier alpha value is -4.13. The number of nitrogens with zero attached hydrogens (tertiary/aromatic N) is 5. The van der Waals surface area contributed by atoms with E-state index in [1.54, 1.807) is 24.8 Å². The monoisotopic (exact) mass is 408 g/mol. The van der Waals surface area contributed by atoms with E-state index in [1.807, 2.05) is 47.0 Å². The molecule has 1 N–H and O–H groups in total. The summed E-state index contributed by atoms with van der Waals surface area (Å²) in [7, 11) is 0. The maximum Gasteiger partial charge on any atom is 0.251 e. The number of aromatic nitrogens is 5. The summed E-state index contributed by atoms with van der Waals surface area (Å²) < 4.78 is 2.05. The molecule has 0 bridgehead atoms. The van der Waals surface area contributed by atoms with E-state index in [4.69, 9.17) is 0 Å². The standard InChI is InChI=1S/C24H20N6O/c31-24(26-13-10-17-8-11-25-12-9-17)19-6-7-21-20(14-19)22-23(29-28-21)27-16-30(22)15-18-4-2-1-3-5-18/h1-9,11-12,14,16H,10,13,15H2,(H,26,31). The molecule has 0 atom stereocenters. The van der Waals surface area contributed by atoms with Gasteiger partial charge in [-0.1, -0.05) is 30.3 Å². The van der Waals surface area contributed by atoms with Gasteiger partial charge in [-0.3, -0.25) is 9.78 Å². The molecule has 31 heavy (non-hydrogen) atoms. The normalized spacial score (nSPS) is 11.1. The Morgan fingerprint density at radius 1 is 0.935 bits per heavy atom. The summed E-state index contributed by atoms with van der Waals surface area (Å²) >= 11 is 0. The molecule has 0 saturated carbocycles. The SMILES string of the molecule is O=C(NCCc1ccncc1)c1ccc2nnc3ncn(Cc4ccccc4)c3c2c1. The lowest BCUT2D eigenvalue weighted by molar-refractivity contribution is 0.0954. The van der Waals surface area contributed by atoms with Crippen molar-refractivity contribution in [1.82, 2.24) is 30.0 Å². The van der Waals surface area contributed by atoms with E-state index in [9.17, 15) is 4.79 Å². The van der Waals surface area contributed by atoms with Gasteiger partial charge < -0.3 is 9.88 Å². The highest BCUT2D eigenvalue weighted by Crippen LogP contribution is 2.23. The zero-order valence-electron chi connectivity index (χ0n) is 16.8. The summed E-state index contributed by atoms with van der Waals surface area (Å²) in [5.74, 6) is -0.116. The van der Waals surface area contributed by atoms with Crippen LogP contribution in [-0.2, 0) is 13.0 Å². The third-order valence-corrected chi connectivity index (χ3v) is 5.23. The fourth-order valence-corrected chi connectivity index (χ4v) is 3.65. The second kappa shape index (κ2) is 8.31. The maximum atomic E-state index is 12.7. The Labute approximate surface area is 178 Å². The van der Waals surface area contributed by atoms with Gasteiger partial charge in [0.15, 0.2) is 0 Å². The van der Waals surface area contributed by atoms with Crippen LogP contribution in [0.4, 0.5) is 0 Å². The smallest absolute Gasteiger partial charge is 0.251 e. The highest BCUT2D eigenvalue weighted by molar-refractivity contribution is 6.05. The molecule has 0 aliphatic carbocycles. The molecule has 152 valence electrons. The molecule has 7 nitrogen and oxygen atoms in total. The molecule has 1 amide bonds. The molecular formula is C24H20N6O. The number of hydrogen-bond acceptors (Lipinski definition) is 5. The molecule has 7 heteroatoms. The summed E-state index contributed by atoms with van der Waals surface area (Å²) in [4.78, 5) is 21.2. The number of nitrogens with one attached hydrogen (secondary N) is 1. The second-order valence-corrected chi connectivity index (χ2v) is 7.32. The van der Waals surface area contributed by atoms with Crippen LogP contribution in [-0.4, -0.2) is 37.2 Å². The van der Waals surface area contributed by atoms with Gasteiger partial charge in [0.25, 0.3) is 5.91 Å². The van der Waals surface area contributed by atoms with Crippen molar-refractivity contribution in [2.24, 2.45) is 0 Å². The van der Waals surface area contributed by atoms with E-state index >= 15 is 0 Å². The van der Waals surface area contributed by atoms with Gasteiger partial charge in [0, 0.05) is 36.4 Å². The number of pyridine rings is 1. The summed E-state index contributed by atoms with van der Waals surface area (Å²) in [6, 6.07) is 19.6. The number of amides is 1. The van der Waals surface area contributed by atoms with Gasteiger partial charge in [-0.15, -0.1) is 10.2 Å². The van der Waals surface area contributed by atoms with Gasteiger partial charge in [-0.25, -0.2) is 4.98 Å². The highest BCUT2D eigenvalue weighted by atomic mass is 16.1. The van der Waals surface area contributed by atoms with E-state index in [2.05, 4.69) is 37.6 Å². The number of fused-ring (bicyclic) bond motifs is 3. The third kappa shape index (κ3) is 3.98. The minimum Gasteiger partial charge on any atom is -0.352 e. The van der Waals surface area contributed by atoms with Crippen LogP contribution >= 0.6 is 0 Å². The van der Waals surface area contributed by atoms with Crippen LogP contribution < -0.4 is 5.32 Å². The van der Waals surface area contributed by atoms with Crippen LogP contribution in [0.1, 0.15) is 21.5 Å². The molecule has 0 unspecified atom stereocenters. The number of imidazole rings is 1. The third-order valence-electron chi connectivity index (χ3n) is 5.23. The van der Waals surface area contributed by atoms with Gasteiger partial charge in [0.2, 0.25) is 5.65 Å². The first kappa shape index (κ1) is 18.9. The molecule has 0 aliphatic heterocycles. The van der Waals surface area contributed by atoms with Gasteiger partial charge in [-0.05, 0) is 47.9 Å². The first-order valence-corrected chi connectivity index (χ1v) is 10.1. The summed E-state index contributed by atoms with van der Waals surface area (Å²) in [6.45, 7) is 1.22. The molecule has 5 aromatic rings. The summed E-state index contributed by atoms with van der Waals surface area (Å²) in [5.41, 5.74) is 5.06. The lowest BCUT2D eigenvalue weighted by Crippen LogP contribution is -2.25. The molecule has 0 radical (unpaired) electrons. The summed E-state index contributed by atoms with van der Waals surface area (Å²) in [6.07, 6.45) is 6.03. The van der Waals surface area contributed by atoms with Crippen LogP contribution in [0.25, 0.3) is 22.1 Å². The molecule has 0 saturated heterocycles. The Morgan fingerprint density at radius 2 is 1.77 bits per heavy atom. The highest BCUT2D eigenvalue weighted by Gasteiger charge is 2.13. The number of benzene rings is 2. The summed E-state index contributed by atoms with van der Waals surface area (Å²) in [5, 5.41) is 12.4. The van der Waals surface area contributed by atoms with Crippen LogP contribution in [0.5, 0.6) is 0 Å². The number of carbonyl (C=O) groups is 1. The van der Waals surface area contributed by atoms with Gasteiger partial charge in [-0.2, -0.15) is 0 Å². The minimum absolute atomic E-state index is 0.116. The van der Waals surface area contributed by atoms with Crippen molar-refractivity contribution in [1.29, 1.82) is 0 Å². The molecule has 3 heterocycles. The van der Waals surface area contributed by atoms with Crippen LogP contribution in [0.2, 0.25) is 0 Å². The molecule has 3 aromatic heterocycles. The van der Waals surface area contributed by atoms with Crippen LogP contribution in [0, 0.1) is 0 Å². The number of rotatable bonds is 6.